The minimum Gasteiger partial charge on any atom is -0.481 e. The number of hydrogen-bond donors (Lipinski definition) is 2. The summed E-state index contributed by atoms with van der Waals surface area (Å²) in [5, 5.41) is 11.6. The highest BCUT2D eigenvalue weighted by Gasteiger charge is 2.40. The van der Waals surface area contributed by atoms with Gasteiger partial charge in [-0.1, -0.05) is 26.8 Å². The first-order valence-corrected chi connectivity index (χ1v) is 8.40. The molecule has 0 spiro atoms. The smallest absolute Gasteiger partial charge is 0.308 e. The molecule has 142 valence electrons. The van der Waals surface area contributed by atoms with E-state index in [1.807, 2.05) is 0 Å². The lowest BCUT2D eigenvalue weighted by atomic mass is 9.99. The standard InChI is InChI=1S/C18H22F2N2O4/c1-9(2)15(17(24)22-7-10(3)11(8-22)18(25)26)21-16(23)14-12(19)5-4-6-13(14)20/h4-6,9-11,15H,7-8H2,1-3H3,(H,21,23)(H,25,26)/t10-,11-,15?/m1/s1. The van der Waals surface area contributed by atoms with Gasteiger partial charge in [0.05, 0.1) is 5.92 Å². The molecule has 2 rings (SSSR count). The maximum absolute atomic E-state index is 13.8. The van der Waals surface area contributed by atoms with E-state index in [2.05, 4.69) is 5.32 Å². The summed E-state index contributed by atoms with van der Waals surface area (Å²) in [6.45, 7) is 5.42. The molecule has 0 aliphatic carbocycles. The van der Waals surface area contributed by atoms with Crippen LogP contribution in [-0.4, -0.2) is 46.9 Å². The van der Waals surface area contributed by atoms with Crippen LogP contribution in [0.2, 0.25) is 0 Å². The molecule has 2 N–H and O–H groups in total. The first-order valence-electron chi connectivity index (χ1n) is 8.40. The second-order valence-corrected chi connectivity index (χ2v) is 6.96. The fourth-order valence-electron chi connectivity index (χ4n) is 3.11. The van der Waals surface area contributed by atoms with E-state index < -0.39 is 46.9 Å². The van der Waals surface area contributed by atoms with Gasteiger partial charge in [-0.3, -0.25) is 14.4 Å². The summed E-state index contributed by atoms with van der Waals surface area (Å²) in [5.74, 6) is -5.73. The van der Waals surface area contributed by atoms with Crippen molar-refractivity contribution in [1.82, 2.24) is 10.2 Å². The molecule has 1 aliphatic heterocycles. The number of halogens is 2. The van der Waals surface area contributed by atoms with Crippen molar-refractivity contribution in [2.45, 2.75) is 26.8 Å². The molecule has 1 aromatic rings. The average molecular weight is 368 g/mol. The lowest BCUT2D eigenvalue weighted by molar-refractivity contribution is -0.142. The maximum Gasteiger partial charge on any atom is 0.308 e. The number of nitrogens with zero attached hydrogens (tertiary/aromatic N) is 1. The Bertz CT molecular complexity index is 703. The lowest BCUT2D eigenvalue weighted by Gasteiger charge is -2.27. The third-order valence-electron chi connectivity index (χ3n) is 4.65. The van der Waals surface area contributed by atoms with E-state index >= 15 is 0 Å². The van der Waals surface area contributed by atoms with E-state index in [0.29, 0.717) is 0 Å². The number of likely N-dealkylation sites (tertiary alicyclic amines) is 1. The lowest BCUT2D eigenvalue weighted by Crippen LogP contribution is -2.51. The van der Waals surface area contributed by atoms with Crippen LogP contribution in [0.25, 0.3) is 0 Å². The van der Waals surface area contributed by atoms with E-state index in [1.165, 1.54) is 4.90 Å². The predicted molar refractivity (Wildman–Crippen MR) is 89.3 cm³/mol. The molecule has 26 heavy (non-hydrogen) atoms. The highest BCUT2D eigenvalue weighted by Crippen LogP contribution is 2.25. The number of hydrogen-bond acceptors (Lipinski definition) is 3. The summed E-state index contributed by atoms with van der Waals surface area (Å²) in [6.07, 6.45) is 0. The number of carbonyl (C=O) groups is 3. The van der Waals surface area contributed by atoms with Crippen LogP contribution in [0, 0.1) is 29.4 Å². The normalized spacial score (nSPS) is 20.9. The molecule has 1 saturated heterocycles. The van der Waals surface area contributed by atoms with Crippen LogP contribution in [0.3, 0.4) is 0 Å². The molecule has 1 unspecified atom stereocenters. The molecule has 1 fully saturated rings. The van der Waals surface area contributed by atoms with Gasteiger partial charge in [0.1, 0.15) is 23.2 Å². The van der Waals surface area contributed by atoms with Gasteiger partial charge in [0.25, 0.3) is 5.91 Å². The molecule has 8 heteroatoms. The summed E-state index contributed by atoms with van der Waals surface area (Å²) >= 11 is 0. The minimum atomic E-state index is -1.02. The Morgan fingerprint density at radius 3 is 2.23 bits per heavy atom. The highest BCUT2D eigenvalue weighted by atomic mass is 19.1. The zero-order valence-electron chi connectivity index (χ0n) is 14.8. The number of carboxylic acid groups (broad SMARTS) is 1. The van der Waals surface area contributed by atoms with Crippen LogP contribution in [0.15, 0.2) is 18.2 Å². The molecule has 1 aromatic carbocycles. The molecule has 6 nitrogen and oxygen atoms in total. The van der Waals surface area contributed by atoms with Crippen LogP contribution in [0.4, 0.5) is 8.78 Å². The van der Waals surface area contributed by atoms with Crippen LogP contribution < -0.4 is 5.32 Å². The Labute approximate surface area is 150 Å². The largest absolute Gasteiger partial charge is 0.481 e. The summed E-state index contributed by atoms with van der Waals surface area (Å²) in [5.41, 5.74) is -0.746. The van der Waals surface area contributed by atoms with Crippen molar-refractivity contribution in [2.75, 3.05) is 13.1 Å². The fraction of sp³-hybridized carbons (Fsp3) is 0.500. The van der Waals surface area contributed by atoms with E-state index in [1.54, 1.807) is 20.8 Å². The van der Waals surface area contributed by atoms with Gasteiger partial charge in [-0.25, -0.2) is 8.78 Å². The molecule has 1 heterocycles. The zero-order chi connectivity index (χ0) is 19.6. The topological polar surface area (TPSA) is 86.7 Å². The SMILES string of the molecule is CC(C)C(NC(=O)c1c(F)cccc1F)C(=O)N1C[C@@H](C)[C@H](C(=O)O)C1. The van der Waals surface area contributed by atoms with Gasteiger partial charge in [-0.15, -0.1) is 0 Å². The summed E-state index contributed by atoms with van der Waals surface area (Å²) in [6, 6.07) is 2.05. The third kappa shape index (κ3) is 4.00. The van der Waals surface area contributed by atoms with Gasteiger partial charge < -0.3 is 15.3 Å². The number of aliphatic carboxylic acids is 1. The molecule has 3 atom stereocenters. The van der Waals surface area contributed by atoms with Crippen molar-refractivity contribution in [1.29, 1.82) is 0 Å². The summed E-state index contributed by atoms with van der Waals surface area (Å²) in [7, 11) is 0. The van der Waals surface area contributed by atoms with Gasteiger partial charge in [-0.2, -0.15) is 0 Å². The number of nitrogens with one attached hydrogen (secondary N) is 1. The van der Waals surface area contributed by atoms with Crippen molar-refractivity contribution in [3.63, 3.8) is 0 Å². The monoisotopic (exact) mass is 368 g/mol. The second-order valence-electron chi connectivity index (χ2n) is 6.96. The Morgan fingerprint density at radius 1 is 1.19 bits per heavy atom. The molecule has 0 saturated carbocycles. The van der Waals surface area contributed by atoms with Crippen LogP contribution in [0.1, 0.15) is 31.1 Å². The summed E-state index contributed by atoms with van der Waals surface area (Å²) < 4.78 is 27.6. The number of carboxylic acids is 1. The maximum atomic E-state index is 13.8. The van der Waals surface area contributed by atoms with Gasteiger partial charge in [0, 0.05) is 13.1 Å². The fourth-order valence-corrected chi connectivity index (χ4v) is 3.11. The first-order chi connectivity index (χ1) is 12.1. The van der Waals surface area contributed by atoms with Crippen molar-refractivity contribution in [3.8, 4) is 0 Å². The van der Waals surface area contributed by atoms with Crippen LogP contribution in [-0.2, 0) is 9.59 Å². The predicted octanol–water partition coefficient (Wildman–Crippen LogP) is 1.90. The number of carbonyl (C=O) groups excluding carboxylic acids is 2. The first kappa shape index (κ1) is 19.8. The Kier molecular flexibility index (Phi) is 5.94. The Morgan fingerprint density at radius 2 is 1.77 bits per heavy atom. The van der Waals surface area contributed by atoms with E-state index in [0.717, 1.165) is 18.2 Å². The second kappa shape index (κ2) is 7.80. The minimum absolute atomic E-state index is 0.0441. The van der Waals surface area contributed by atoms with Gasteiger partial charge in [-0.05, 0) is 24.0 Å². The van der Waals surface area contributed by atoms with Crippen molar-refractivity contribution in [2.24, 2.45) is 17.8 Å². The van der Waals surface area contributed by atoms with E-state index in [4.69, 9.17) is 0 Å². The molecular formula is C18H22F2N2O4. The number of benzene rings is 1. The highest BCUT2D eigenvalue weighted by molar-refractivity contribution is 5.98. The average Bonchev–Trinajstić information content (AvgIpc) is 2.93. The molecule has 0 bridgehead atoms. The number of amides is 2. The molecule has 0 radical (unpaired) electrons. The summed E-state index contributed by atoms with van der Waals surface area (Å²) in [4.78, 5) is 37.7. The third-order valence-corrected chi connectivity index (χ3v) is 4.65. The van der Waals surface area contributed by atoms with Crippen molar-refractivity contribution >= 4 is 17.8 Å². The molecule has 2 amide bonds. The van der Waals surface area contributed by atoms with E-state index in [-0.39, 0.29) is 24.9 Å². The molecule has 0 aromatic heterocycles. The van der Waals surface area contributed by atoms with Gasteiger partial charge in [0.2, 0.25) is 5.91 Å². The number of rotatable bonds is 5. The zero-order valence-corrected chi connectivity index (χ0v) is 14.8. The van der Waals surface area contributed by atoms with Crippen LogP contribution in [0.5, 0.6) is 0 Å². The van der Waals surface area contributed by atoms with Gasteiger partial charge in [0.15, 0.2) is 0 Å². The Balaban J connectivity index is 2.18. The molecule has 1 aliphatic rings. The molecular weight excluding hydrogens is 346 g/mol. The quantitative estimate of drug-likeness (QED) is 0.831. The Hall–Kier alpha value is -2.51. The van der Waals surface area contributed by atoms with Crippen LogP contribution >= 0.6 is 0 Å². The van der Waals surface area contributed by atoms with Crippen molar-refractivity contribution in [3.05, 3.63) is 35.4 Å². The van der Waals surface area contributed by atoms with Gasteiger partial charge >= 0.3 is 5.97 Å². The van der Waals surface area contributed by atoms with E-state index in [9.17, 15) is 28.3 Å². The van der Waals surface area contributed by atoms with Crippen molar-refractivity contribution < 1.29 is 28.3 Å².